The van der Waals surface area contributed by atoms with E-state index in [0.717, 1.165) is 22.6 Å². The maximum atomic E-state index is 13.3. The van der Waals surface area contributed by atoms with Crippen LogP contribution >= 0.6 is 0 Å². The van der Waals surface area contributed by atoms with Crippen LogP contribution in [-0.4, -0.2) is 24.8 Å². The summed E-state index contributed by atoms with van der Waals surface area (Å²) in [5, 5.41) is 10.9. The Morgan fingerprint density at radius 3 is 2.41 bits per heavy atom. The molecule has 6 heteroatoms. The Morgan fingerprint density at radius 1 is 1.04 bits per heavy atom. The molecule has 0 bridgehead atoms. The van der Waals surface area contributed by atoms with Gasteiger partial charge in [0.2, 0.25) is 0 Å². The molecule has 0 radical (unpaired) electrons. The number of hydrogen-bond donors (Lipinski definition) is 0. The first-order valence-electron chi connectivity index (χ1n) is 8.42. The van der Waals surface area contributed by atoms with Gasteiger partial charge < -0.3 is 23.9 Å². The molecule has 1 aromatic heterocycles. The maximum absolute atomic E-state index is 13.3. The lowest BCUT2D eigenvalue weighted by atomic mass is 10.1. The van der Waals surface area contributed by atoms with Crippen molar-refractivity contribution >= 4 is 5.97 Å². The van der Waals surface area contributed by atoms with Gasteiger partial charge in [-0.1, -0.05) is 0 Å². The normalized spacial score (nSPS) is 10.6. The second kappa shape index (κ2) is 7.95. The van der Waals surface area contributed by atoms with Crippen LogP contribution in [0.3, 0.4) is 0 Å². The lowest BCUT2D eigenvalue weighted by Crippen LogP contribution is -2.22. The average molecular weight is 368 g/mol. The van der Waals surface area contributed by atoms with Crippen molar-refractivity contribution in [2.24, 2.45) is 0 Å². The van der Waals surface area contributed by atoms with Gasteiger partial charge in [0.1, 0.15) is 17.3 Å². The zero-order valence-electron chi connectivity index (χ0n) is 15.1. The molecule has 0 aliphatic rings. The number of carboxylic acids is 1. The van der Waals surface area contributed by atoms with Gasteiger partial charge in [-0.25, -0.2) is 4.39 Å². The molecule has 0 unspecified atom stereocenters. The van der Waals surface area contributed by atoms with E-state index in [9.17, 15) is 14.3 Å². The van der Waals surface area contributed by atoms with E-state index in [1.165, 1.54) is 12.1 Å². The van der Waals surface area contributed by atoms with E-state index in [1.54, 1.807) is 38.5 Å². The smallest absolute Gasteiger partial charge is 0.146 e. The molecule has 3 aromatic rings. The van der Waals surface area contributed by atoms with Gasteiger partial charge in [0, 0.05) is 17.7 Å². The lowest BCUT2D eigenvalue weighted by molar-refractivity contribution is -0.305. The first kappa shape index (κ1) is 18.5. The zero-order chi connectivity index (χ0) is 19.4. The van der Waals surface area contributed by atoms with Crippen molar-refractivity contribution in [2.75, 3.05) is 14.2 Å². The number of methoxy groups -OCH3 is 2. The van der Waals surface area contributed by atoms with E-state index in [1.807, 2.05) is 22.8 Å². The number of carbonyl (C=O) groups is 1. The van der Waals surface area contributed by atoms with E-state index in [-0.39, 0.29) is 12.2 Å². The fraction of sp³-hybridized carbons (Fsp3) is 0.190. The highest BCUT2D eigenvalue weighted by atomic mass is 19.1. The Morgan fingerprint density at radius 2 is 1.78 bits per heavy atom. The van der Waals surface area contributed by atoms with Crippen LogP contribution in [0.1, 0.15) is 12.1 Å². The molecule has 140 valence electrons. The van der Waals surface area contributed by atoms with E-state index < -0.39 is 5.97 Å². The average Bonchev–Trinajstić information content (AvgIpc) is 3.10. The zero-order valence-corrected chi connectivity index (χ0v) is 15.1. The Labute approximate surface area is 156 Å². The Hall–Kier alpha value is -3.28. The molecule has 0 saturated heterocycles. The molecule has 0 saturated carbocycles. The SMILES string of the molecule is COc1ccc(-n2c(CCC(=O)[O-])ccc2-c2ccc(F)cc2)c(OC)c1. The van der Waals surface area contributed by atoms with Gasteiger partial charge in [-0.3, -0.25) is 0 Å². The number of carbonyl (C=O) groups excluding carboxylic acids is 1. The predicted octanol–water partition coefficient (Wildman–Crippen LogP) is 2.98. The monoisotopic (exact) mass is 368 g/mol. The van der Waals surface area contributed by atoms with Crippen molar-refractivity contribution < 1.29 is 23.8 Å². The van der Waals surface area contributed by atoms with Crippen molar-refractivity contribution in [1.82, 2.24) is 4.57 Å². The second-order valence-electron chi connectivity index (χ2n) is 5.96. The summed E-state index contributed by atoms with van der Waals surface area (Å²) in [6, 6.07) is 15.3. The van der Waals surface area contributed by atoms with Gasteiger partial charge in [-0.15, -0.1) is 0 Å². The summed E-state index contributed by atoms with van der Waals surface area (Å²) in [5.41, 5.74) is 3.11. The number of halogens is 1. The van der Waals surface area contributed by atoms with Crippen LogP contribution < -0.4 is 14.6 Å². The van der Waals surface area contributed by atoms with Crippen LogP contribution in [-0.2, 0) is 11.2 Å². The van der Waals surface area contributed by atoms with Crippen molar-refractivity contribution in [3.8, 4) is 28.4 Å². The number of aliphatic carboxylic acids is 1. The van der Waals surface area contributed by atoms with E-state index in [2.05, 4.69) is 0 Å². The maximum Gasteiger partial charge on any atom is 0.146 e. The Bertz CT molecular complexity index is 947. The van der Waals surface area contributed by atoms with Gasteiger partial charge in [-0.2, -0.15) is 0 Å². The molecule has 0 fully saturated rings. The first-order valence-corrected chi connectivity index (χ1v) is 8.42. The molecule has 0 spiro atoms. The first-order chi connectivity index (χ1) is 13.0. The van der Waals surface area contributed by atoms with E-state index >= 15 is 0 Å². The molecule has 5 nitrogen and oxygen atoms in total. The van der Waals surface area contributed by atoms with E-state index in [0.29, 0.717) is 17.9 Å². The van der Waals surface area contributed by atoms with Crippen molar-refractivity contribution in [3.05, 3.63) is 66.1 Å². The molecule has 2 aromatic carbocycles. The highest BCUT2D eigenvalue weighted by molar-refractivity contribution is 5.68. The third-order valence-electron chi connectivity index (χ3n) is 4.31. The van der Waals surface area contributed by atoms with Gasteiger partial charge in [-0.05, 0) is 66.9 Å². The van der Waals surface area contributed by atoms with E-state index in [4.69, 9.17) is 9.47 Å². The van der Waals surface area contributed by atoms with Crippen LogP contribution in [0.15, 0.2) is 54.6 Å². The summed E-state index contributed by atoms with van der Waals surface area (Å²) >= 11 is 0. The number of hydrogen-bond acceptors (Lipinski definition) is 4. The summed E-state index contributed by atoms with van der Waals surface area (Å²) < 4.78 is 26.0. The predicted molar refractivity (Wildman–Crippen MR) is 97.6 cm³/mol. The molecule has 27 heavy (non-hydrogen) atoms. The molecular weight excluding hydrogens is 349 g/mol. The summed E-state index contributed by atoms with van der Waals surface area (Å²) in [7, 11) is 3.12. The summed E-state index contributed by atoms with van der Waals surface area (Å²) in [6.45, 7) is 0. The Balaban J connectivity index is 2.17. The minimum Gasteiger partial charge on any atom is -0.550 e. The largest absolute Gasteiger partial charge is 0.550 e. The van der Waals surface area contributed by atoms with Crippen LogP contribution in [0.4, 0.5) is 4.39 Å². The van der Waals surface area contributed by atoms with Crippen LogP contribution in [0.2, 0.25) is 0 Å². The number of nitrogens with zero attached hydrogens (tertiary/aromatic N) is 1. The molecule has 0 aliphatic heterocycles. The van der Waals surface area contributed by atoms with Crippen LogP contribution in [0, 0.1) is 5.82 Å². The van der Waals surface area contributed by atoms with Gasteiger partial charge in [0.05, 0.1) is 25.6 Å². The number of aromatic nitrogens is 1. The fourth-order valence-electron chi connectivity index (χ4n) is 3.00. The van der Waals surface area contributed by atoms with Crippen molar-refractivity contribution in [1.29, 1.82) is 0 Å². The molecule has 1 heterocycles. The third-order valence-corrected chi connectivity index (χ3v) is 4.31. The number of aryl methyl sites for hydroxylation is 1. The molecule has 3 rings (SSSR count). The number of rotatable bonds is 7. The fourth-order valence-corrected chi connectivity index (χ4v) is 3.00. The summed E-state index contributed by atoms with van der Waals surface area (Å²) in [6.07, 6.45) is 0.185. The standard InChI is InChI=1S/C21H20FNO4/c1-26-17-9-11-19(20(13-17)27-2)23-16(8-12-21(24)25)7-10-18(23)14-3-5-15(22)6-4-14/h3-7,9-11,13H,8,12H2,1-2H3,(H,24,25)/p-1. The molecule has 0 aliphatic carbocycles. The minimum atomic E-state index is -1.12. The molecule has 0 atom stereocenters. The lowest BCUT2D eigenvalue weighted by Gasteiger charge is -2.18. The second-order valence-corrected chi connectivity index (χ2v) is 5.96. The minimum absolute atomic E-state index is 0.106. The van der Waals surface area contributed by atoms with Gasteiger partial charge in [0.25, 0.3) is 0 Å². The topological polar surface area (TPSA) is 63.5 Å². The molecular formula is C21H19FNO4-. The highest BCUT2D eigenvalue weighted by Gasteiger charge is 2.16. The summed E-state index contributed by atoms with van der Waals surface area (Å²) in [4.78, 5) is 10.9. The number of ether oxygens (including phenoxy) is 2. The number of carboxylic acid groups (broad SMARTS) is 1. The van der Waals surface area contributed by atoms with Crippen LogP contribution in [0.25, 0.3) is 16.9 Å². The van der Waals surface area contributed by atoms with Gasteiger partial charge >= 0.3 is 0 Å². The highest BCUT2D eigenvalue weighted by Crippen LogP contribution is 2.34. The van der Waals surface area contributed by atoms with Gasteiger partial charge in [0.15, 0.2) is 0 Å². The summed E-state index contributed by atoms with van der Waals surface area (Å²) in [5.74, 6) is -0.227. The Kier molecular flexibility index (Phi) is 5.45. The van der Waals surface area contributed by atoms with Crippen molar-refractivity contribution in [2.45, 2.75) is 12.8 Å². The number of benzene rings is 2. The molecule has 0 N–H and O–H groups in total. The molecule has 0 amide bonds. The third kappa shape index (κ3) is 3.95. The van der Waals surface area contributed by atoms with Crippen LogP contribution in [0.5, 0.6) is 11.5 Å². The van der Waals surface area contributed by atoms with Crippen molar-refractivity contribution in [3.63, 3.8) is 0 Å². The quantitative estimate of drug-likeness (QED) is 0.643.